The van der Waals surface area contributed by atoms with Gasteiger partial charge in [-0.3, -0.25) is 0 Å². The van der Waals surface area contributed by atoms with Crippen molar-refractivity contribution in [3.63, 3.8) is 0 Å². The fraction of sp³-hybridized carbons (Fsp3) is 0.385. The summed E-state index contributed by atoms with van der Waals surface area (Å²) in [5.41, 5.74) is 2.60. The molecule has 0 atom stereocenters. The first-order valence-electron chi connectivity index (χ1n) is 5.59. The molecule has 1 aromatic carbocycles. The summed E-state index contributed by atoms with van der Waals surface area (Å²) < 4.78 is 0. The molecule has 0 saturated carbocycles. The van der Waals surface area contributed by atoms with Gasteiger partial charge in [0.25, 0.3) is 0 Å². The second-order valence-electron chi connectivity index (χ2n) is 3.94. The molecule has 1 aromatic rings. The minimum Gasteiger partial charge on any atom is -0.348 e. The molecule has 15 heavy (non-hydrogen) atoms. The first kappa shape index (κ1) is 10.1. The summed E-state index contributed by atoms with van der Waals surface area (Å²) in [6.45, 7) is 3.34. The molecule has 0 radical (unpaired) electrons. The van der Waals surface area contributed by atoms with Crippen LogP contribution >= 0.6 is 0 Å². The van der Waals surface area contributed by atoms with E-state index in [1.807, 2.05) is 0 Å². The Labute approximate surface area is 91.8 Å². The number of para-hydroxylation sites is 2. The lowest BCUT2D eigenvalue weighted by Crippen LogP contribution is -2.25. The number of hydrogen-bond acceptors (Lipinski definition) is 2. The number of fused-ring (bicyclic) bond motifs is 1. The molecule has 0 fully saturated rings. The molecule has 0 unspecified atom stereocenters. The molecule has 0 spiro atoms. The van der Waals surface area contributed by atoms with Gasteiger partial charge in [0.15, 0.2) is 0 Å². The van der Waals surface area contributed by atoms with Crippen molar-refractivity contribution in [2.75, 3.05) is 23.4 Å². The van der Waals surface area contributed by atoms with E-state index in [2.05, 4.69) is 60.4 Å². The van der Waals surface area contributed by atoms with Gasteiger partial charge in [-0.1, -0.05) is 25.5 Å². The second kappa shape index (κ2) is 4.39. The third-order valence-electron chi connectivity index (χ3n) is 2.79. The van der Waals surface area contributed by atoms with Crippen LogP contribution in [0.2, 0.25) is 0 Å². The Morgan fingerprint density at radius 2 is 1.80 bits per heavy atom. The Morgan fingerprint density at radius 3 is 2.53 bits per heavy atom. The molecule has 0 N–H and O–H groups in total. The van der Waals surface area contributed by atoms with Gasteiger partial charge in [-0.2, -0.15) is 0 Å². The predicted octanol–water partition coefficient (Wildman–Crippen LogP) is 3.21. The molecule has 0 bridgehead atoms. The van der Waals surface area contributed by atoms with E-state index < -0.39 is 0 Å². The lowest BCUT2D eigenvalue weighted by atomic mass is 10.2. The van der Waals surface area contributed by atoms with E-state index in [-0.39, 0.29) is 0 Å². The fourth-order valence-corrected chi connectivity index (χ4v) is 1.87. The Hall–Kier alpha value is -1.44. The van der Waals surface area contributed by atoms with Crippen LogP contribution in [0, 0.1) is 0 Å². The number of rotatable bonds is 3. The van der Waals surface area contributed by atoms with Gasteiger partial charge < -0.3 is 9.80 Å². The molecule has 1 heterocycles. The van der Waals surface area contributed by atoms with Crippen molar-refractivity contribution in [1.29, 1.82) is 0 Å². The minimum atomic E-state index is 1.11. The van der Waals surface area contributed by atoms with Crippen LogP contribution in [0.1, 0.15) is 19.8 Å². The van der Waals surface area contributed by atoms with Gasteiger partial charge in [0.2, 0.25) is 0 Å². The van der Waals surface area contributed by atoms with E-state index in [9.17, 15) is 0 Å². The van der Waals surface area contributed by atoms with Crippen molar-refractivity contribution < 1.29 is 0 Å². The molecule has 1 aliphatic rings. The molecule has 2 rings (SSSR count). The minimum absolute atomic E-state index is 1.11. The average Bonchev–Trinajstić information content (AvgIpc) is 2.29. The molecular formula is C13H18N2. The van der Waals surface area contributed by atoms with Gasteiger partial charge in [-0.15, -0.1) is 0 Å². The highest BCUT2D eigenvalue weighted by molar-refractivity contribution is 5.75. The Kier molecular flexibility index (Phi) is 2.95. The molecule has 0 aliphatic carbocycles. The molecule has 2 heteroatoms. The normalized spacial score (nSPS) is 14.3. The fourth-order valence-electron chi connectivity index (χ4n) is 1.87. The number of anilines is 2. The van der Waals surface area contributed by atoms with Crippen molar-refractivity contribution in [1.82, 2.24) is 0 Å². The van der Waals surface area contributed by atoms with Crippen molar-refractivity contribution in [3.8, 4) is 0 Å². The predicted molar refractivity (Wildman–Crippen MR) is 66.2 cm³/mol. The number of unbranched alkanes of at least 4 members (excludes halogenated alkanes) is 1. The zero-order valence-corrected chi connectivity index (χ0v) is 9.48. The zero-order chi connectivity index (χ0) is 10.7. The topological polar surface area (TPSA) is 6.48 Å². The summed E-state index contributed by atoms with van der Waals surface area (Å²) in [6, 6.07) is 8.54. The molecule has 0 aromatic heterocycles. The third-order valence-corrected chi connectivity index (χ3v) is 2.79. The summed E-state index contributed by atoms with van der Waals surface area (Å²) in [6.07, 6.45) is 6.76. The van der Waals surface area contributed by atoms with Crippen molar-refractivity contribution in [2.45, 2.75) is 19.8 Å². The standard InChI is InChI=1S/C13H18N2/c1-3-4-9-15-11-10-14(2)12-7-5-6-8-13(12)15/h5-8,10-11H,3-4,9H2,1-2H3. The van der Waals surface area contributed by atoms with Crippen molar-refractivity contribution in [3.05, 3.63) is 36.7 Å². The first-order chi connectivity index (χ1) is 7.33. The summed E-state index contributed by atoms with van der Waals surface area (Å²) >= 11 is 0. The third kappa shape index (κ3) is 1.99. The molecule has 80 valence electrons. The van der Waals surface area contributed by atoms with Crippen molar-refractivity contribution >= 4 is 11.4 Å². The van der Waals surface area contributed by atoms with Gasteiger partial charge in [0.05, 0.1) is 11.4 Å². The molecule has 0 saturated heterocycles. The number of benzene rings is 1. The molecule has 2 nitrogen and oxygen atoms in total. The summed E-state index contributed by atoms with van der Waals surface area (Å²) in [4.78, 5) is 4.50. The van der Waals surface area contributed by atoms with Crippen LogP contribution in [0.4, 0.5) is 11.4 Å². The van der Waals surface area contributed by atoms with Crippen LogP contribution in [-0.4, -0.2) is 13.6 Å². The Balaban J connectivity index is 2.25. The van der Waals surface area contributed by atoms with Gasteiger partial charge in [0.1, 0.15) is 0 Å². The monoisotopic (exact) mass is 202 g/mol. The van der Waals surface area contributed by atoms with E-state index in [1.54, 1.807) is 0 Å². The maximum Gasteiger partial charge on any atom is 0.0647 e. The maximum atomic E-state index is 2.33. The molecule has 0 amide bonds. The van der Waals surface area contributed by atoms with Crippen LogP contribution in [0.25, 0.3) is 0 Å². The van der Waals surface area contributed by atoms with Crippen LogP contribution < -0.4 is 9.80 Å². The van der Waals surface area contributed by atoms with E-state index in [0.29, 0.717) is 0 Å². The SMILES string of the molecule is CCCCN1C=CN(C)c2ccccc21. The largest absolute Gasteiger partial charge is 0.348 e. The van der Waals surface area contributed by atoms with E-state index in [1.165, 1.54) is 24.2 Å². The highest BCUT2D eigenvalue weighted by Gasteiger charge is 2.14. The van der Waals surface area contributed by atoms with Crippen LogP contribution in [0.15, 0.2) is 36.7 Å². The van der Waals surface area contributed by atoms with Crippen LogP contribution in [0.3, 0.4) is 0 Å². The lowest BCUT2D eigenvalue weighted by Gasteiger charge is -2.31. The summed E-state index contributed by atoms with van der Waals surface area (Å²) in [7, 11) is 2.09. The Bertz CT molecular complexity index is 357. The van der Waals surface area contributed by atoms with Crippen LogP contribution in [-0.2, 0) is 0 Å². The van der Waals surface area contributed by atoms with E-state index in [0.717, 1.165) is 6.54 Å². The van der Waals surface area contributed by atoms with E-state index in [4.69, 9.17) is 0 Å². The zero-order valence-electron chi connectivity index (χ0n) is 9.48. The molecule has 1 aliphatic heterocycles. The van der Waals surface area contributed by atoms with Gasteiger partial charge in [-0.05, 0) is 18.6 Å². The smallest absolute Gasteiger partial charge is 0.0647 e. The van der Waals surface area contributed by atoms with Gasteiger partial charge >= 0.3 is 0 Å². The Morgan fingerprint density at radius 1 is 1.07 bits per heavy atom. The van der Waals surface area contributed by atoms with Crippen LogP contribution in [0.5, 0.6) is 0 Å². The molecular weight excluding hydrogens is 184 g/mol. The second-order valence-corrected chi connectivity index (χ2v) is 3.94. The first-order valence-corrected chi connectivity index (χ1v) is 5.59. The highest BCUT2D eigenvalue weighted by atomic mass is 15.2. The van der Waals surface area contributed by atoms with Gasteiger partial charge in [0, 0.05) is 26.0 Å². The average molecular weight is 202 g/mol. The van der Waals surface area contributed by atoms with Gasteiger partial charge in [-0.25, -0.2) is 0 Å². The summed E-state index contributed by atoms with van der Waals surface area (Å²) in [5, 5.41) is 0. The van der Waals surface area contributed by atoms with Crippen molar-refractivity contribution in [2.24, 2.45) is 0 Å². The lowest BCUT2D eigenvalue weighted by molar-refractivity contribution is 0.777. The quantitative estimate of drug-likeness (QED) is 0.742. The number of nitrogens with zero attached hydrogens (tertiary/aromatic N) is 2. The van der Waals surface area contributed by atoms with E-state index >= 15 is 0 Å². The maximum absolute atomic E-state index is 2.33. The highest BCUT2D eigenvalue weighted by Crippen LogP contribution is 2.32. The summed E-state index contributed by atoms with van der Waals surface area (Å²) in [5.74, 6) is 0. The number of hydrogen-bond donors (Lipinski definition) is 0.